The summed E-state index contributed by atoms with van der Waals surface area (Å²) in [6.45, 7) is 7.32. The summed E-state index contributed by atoms with van der Waals surface area (Å²) in [6, 6.07) is 9.92. The third-order valence-corrected chi connectivity index (χ3v) is 10.1. The number of aromatic nitrogens is 2. The molecule has 4 saturated heterocycles. The second-order valence-corrected chi connectivity index (χ2v) is 12.6. The number of imide groups is 1. The van der Waals surface area contributed by atoms with Crippen molar-refractivity contribution in [3.63, 3.8) is 0 Å². The van der Waals surface area contributed by atoms with E-state index in [1.54, 1.807) is 0 Å². The van der Waals surface area contributed by atoms with Gasteiger partial charge in [0.25, 0.3) is 0 Å². The average molecular weight is 570 g/mol. The van der Waals surface area contributed by atoms with Gasteiger partial charge in [-0.1, -0.05) is 0 Å². The molecule has 12 nitrogen and oxygen atoms in total. The van der Waals surface area contributed by atoms with Crippen molar-refractivity contribution < 1.29 is 22.7 Å². The Morgan fingerprint density at radius 1 is 0.775 bits per heavy atom. The van der Waals surface area contributed by atoms with E-state index in [0.29, 0.717) is 38.0 Å². The fourth-order valence-electron chi connectivity index (χ4n) is 5.83. The van der Waals surface area contributed by atoms with E-state index >= 15 is 0 Å². The molecule has 1 unspecified atom stereocenters. The van der Waals surface area contributed by atoms with Crippen molar-refractivity contribution >= 4 is 39.2 Å². The number of carbonyl (C=O) groups is 2. The number of carbonyl (C=O) groups excluding carboxylic acids is 2. The van der Waals surface area contributed by atoms with Crippen LogP contribution in [0.5, 0.6) is 0 Å². The summed E-state index contributed by atoms with van der Waals surface area (Å²) in [5.74, 6) is 1.07. The van der Waals surface area contributed by atoms with E-state index in [0.717, 1.165) is 68.7 Å². The summed E-state index contributed by atoms with van der Waals surface area (Å²) < 4.78 is 33.7. The summed E-state index contributed by atoms with van der Waals surface area (Å²) in [7, 11) is -3.70. The summed E-state index contributed by atoms with van der Waals surface area (Å²) >= 11 is 0. The minimum atomic E-state index is -3.70. The Bertz CT molecular complexity index is 1300. The van der Waals surface area contributed by atoms with Crippen LogP contribution in [0, 0.1) is 0 Å². The van der Waals surface area contributed by atoms with Crippen LogP contribution in [0.1, 0.15) is 25.7 Å². The molecule has 0 radical (unpaired) electrons. The maximum Gasteiger partial charge on any atom is 0.243 e. The molecule has 40 heavy (non-hydrogen) atoms. The predicted octanol–water partition coefficient (Wildman–Crippen LogP) is 0.942. The van der Waals surface area contributed by atoms with Crippen LogP contribution in [0.25, 0.3) is 0 Å². The van der Waals surface area contributed by atoms with Crippen LogP contribution in [0.2, 0.25) is 0 Å². The van der Waals surface area contributed by atoms with Gasteiger partial charge in [-0.2, -0.15) is 4.31 Å². The molecule has 6 rings (SSSR count). The van der Waals surface area contributed by atoms with E-state index in [-0.39, 0.29) is 29.6 Å². The van der Waals surface area contributed by atoms with Gasteiger partial charge in [0, 0.05) is 78.4 Å². The van der Waals surface area contributed by atoms with E-state index in [1.165, 1.54) is 28.6 Å². The van der Waals surface area contributed by atoms with Crippen molar-refractivity contribution in [2.75, 3.05) is 80.2 Å². The van der Waals surface area contributed by atoms with Crippen LogP contribution < -0.4 is 14.7 Å². The van der Waals surface area contributed by atoms with E-state index in [4.69, 9.17) is 4.74 Å². The molecule has 0 N–H and O–H groups in total. The Balaban J connectivity index is 1.01. The van der Waals surface area contributed by atoms with Gasteiger partial charge in [-0.25, -0.2) is 8.42 Å². The molecule has 4 aliphatic rings. The zero-order valence-electron chi connectivity index (χ0n) is 22.5. The third-order valence-electron chi connectivity index (χ3n) is 8.17. The highest BCUT2D eigenvalue weighted by molar-refractivity contribution is 7.89. The Kier molecular flexibility index (Phi) is 7.71. The van der Waals surface area contributed by atoms with Gasteiger partial charge in [0.1, 0.15) is 0 Å². The van der Waals surface area contributed by atoms with Crippen LogP contribution in [-0.2, 0) is 24.3 Å². The fourth-order valence-corrected chi connectivity index (χ4v) is 7.25. The van der Waals surface area contributed by atoms with Gasteiger partial charge in [0.15, 0.2) is 11.6 Å². The Labute approximate surface area is 234 Å². The summed E-state index contributed by atoms with van der Waals surface area (Å²) in [5, 5.41) is 8.94. The Morgan fingerprint density at radius 3 is 1.88 bits per heavy atom. The molecule has 1 atom stereocenters. The SMILES string of the molecule is O=C1CCC(=O)N1c1ccc(S(=O)(=O)N2CCN(c3ccc(N4CCN(CC5CCCO5)CC4)nn3)CC2)cc1. The van der Waals surface area contributed by atoms with Gasteiger partial charge >= 0.3 is 0 Å². The standard InChI is InChI=1S/C27H35N7O5S/c35-26-9-10-27(36)34(26)21-3-5-23(6-4-21)40(37,38)33-17-15-32(16-18-33)25-8-7-24(28-29-25)31-13-11-30(12-14-31)20-22-2-1-19-39-22/h3-8,22H,1-2,9-20H2. The van der Waals surface area contributed by atoms with E-state index in [1.807, 2.05) is 12.1 Å². The van der Waals surface area contributed by atoms with Crippen molar-refractivity contribution in [3.8, 4) is 0 Å². The molecule has 0 saturated carbocycles. The largest absolute Gasteiger partial charge is 0.377 e. The summed E-state index contributed by atoms with van der Waals surface area (Å²) in [4.78, 5) is 32.0. The monoisotopic (exact) mass is 569 g/mol. The van der Waals surface area contributed by atoms with Crippen molar-refractivity contribution in [1.29, 1.82) is 0 Å². The first-order valence-electron chi connectivity index (χ1n) is 14.0. The van der Waals surface area contributed by atoms with Gasteiger partial charge in [-0.3, -0.25) is 19.4 Å². The topological polar surface area (TPSA) is 119 Å². The highest BCUT2D eigenvalue weighted by atomic mass is 32.2. The maximum atomic E-state index is 13.2. The van der Waals surface area contributed by atoms with Crippen LogP contribution in [0.15, 0.2) is 41.3 Å². The first-order chi connectivity index (χ1) is 19.4. The summed E-state index contributed by atoms with van der Waals surface area (Å²) in [5.41, 5.74) is 0.402. The smallest absolute Gasteiger partial charge is 0.243 e. The van der Waals surface area contributed by atoms with Crippen molar-refractivity contribution in [3.05, 3.63) is 36.4 Å². The highest BCUT2D eigenvalue weighted by Gasteiger charge is 2.32. The molecule has 2 amide bonds. The zero-order chi connectivity index (χ0) is 27.7. The molecule has 2 aromatic rings. The van der Waals surface area contributed by atoms with Crippen molar-refractivity contribution in [2.24, 2.45) is 0 Å². The lowest BCUT2D eigenvalue weighted by Crippen LogP contribution is -2.49. The van der Waals surface area contributed by atoms with Crippen molar-refractivity contribution in [1.82, 2.24) is 19.4 Å². The van der Waals surface area contributed by atoms with Gasteiger partial charge in [-0.05, 0) is 49.2 Å². The Morgan fingerprint density at radius 2 is 1.35 bits per heavy atom. The highest BCUT2D eigenvalue weighted by Crippen LogP contribution is 2.26. The van der Waals surface area contributed by atoms with Gasteiger partial charge < -0.3 is 14.5 Å². The number of amides is 2. The van der Waals surface area contributed by atoms with E-state index in [2.05, 4.69) is 24.9 Å². The molecule has 4 aliphatic heterocycles. The normalized spacial score (nSPS) is 23.4. The maximum absolute atomic E-state index is 13.2. The molecule has 5 heterocycles. The minimum absolute atomic E-state index is 0.142. The minimum Gasteiger partial charge on any atom is -0.377 e. The second kappa shape index (κ2) is 11.4. The number of ether oxygens (including phenoxy) is 1. The third kappa shape index (κ3) is 5.55. The van der Waals surface area contributed by atoms with Crippen LogP contribution in [-0.4, -0.2) is 111 Å². The fraction of sp³-hybridized carbons (Fsp3) is 0.556. The second-order valence-electron chi connectivity index (χ2n) is 10.7. The molecular formula is C27H35N7O5S. The predicted molar refractivity (Wildman–Crippen MR) is 149 cm³/mol. The molecule has 13 heteroatoms. The molecule has 1 aromatic heterocycles. The lowest BCUT2D eigenvalue weighted by molar-refractivity contribution is -0.121. The quantitative estimate of drug-likeness (QED) is 0.446. The molecule has 214 valence electrons. The van der Waals surface area contributed by atoms with Crippen molar-refractivity contribution in [2.45, 2.75) is 36.7 Å². The average Bonchev–Trinajstić information content (AvgIpc) is 3.62. The Hall–Kier alpha value is -3.13. The first kappa shape index (κ1) is 27.1. The number of nitrogens with zero attached hydrogens (tertiary/aromatic N) is 7. The number of hydrogen-bond acceptors (Lipinski definition) is 10. The number of anilines is 3. The van der Waals surface area contributed by atoms with Gasteiger partial charge in [0.05, 0.1) is 16.7 Å². The van der Waals surface area contributed by atoms with Gasteiger partial charge in [0.2, 0.25) is 21.8 Å². The molecule has 1 aromatic carbocycles. The number of sulfonamides is 1. The van der Waals surface area contributed by atoms with Gasteiger partial charge in [-0.15, -0.1) is 10.2 Å². The van der Waals surface area contributed by atoms with E-state index in [9.17, 15) is 18.0 Å². The molecule has 0 aliphatic carbocycles. The van der Waals surface area contributed by atoms with Crippen LogP contribution in [0.4, 0.5) is 17.3 Å². The van der Waals surface area contributed by atoms with Crippen LogP contribution in [0.3, 0.4) is 0 Å². The lowest BCUT2D eigenvalue weighted by atomic mass is 10.2. The number of hydrogen-bond donors (Lipinski definition) is 0. The number of rotatable bonds is 7. The lowest BCUT2D eigenvalue weighted by Gasteiger charge is -2.36. The number of piperazine rings is 2. The first-order valence-corrected chi connectivity index (χ1v) is 15.5. The molecule has 0 spiro atoms. The van der Waals surface area contributed by atoms with Crippen LogP contribution >= 0.6 is 0 Å². The molecule has 0 bridgehead atoms. The molecule has 4 fully saturated rings. The van der Waals surface area contributed by atoms with E-state index < -0.39 is 10.0 Å². The number of benzene rings is 1. The summed E-state index contributed by atoms with van der Waals surface area (Å²) in [6.07, 6.45) is 3.07. The zero-order valence-corrected chi connectivity index (χ0v) is 23.3. The molecular weight excluding hydrogens is 534 g/mol.